The molecule has 0 saturated carbocycles. The molecule has 212 valence electrons. The van der Waals surface area contributed by atoms with Gasteiger partial charge in [-0.3, -0.25) is 4.79 Å². The average Bonchev–Trinajstić information content (AvgIpc) is 3.18. The molecule has 1 saturated heterocycles. The molecule has 12 heteroatoms. The number of carbonyl (C=O) groups is 2. The van der Waals surface area contributed by atoms with E-state index in [1.807, 2.05) is 32.3 Å². The van der Waals surface area contributed by atoms with E-state index in [2.05, 4.69) is 35.3 Å². The average molecular weight is 549 g/mol. The Bertz CT molecular complexity index is 1110. The smallest absolute Gasteiger partial charge is 0.410 e. The van der Waals surface area contributed by atoms with E-state index in [1.165, 1.54) is 0 Å². The highest BCUT2D eigenvalue weighted by Gasteiger charge is 2.34. The number of nitrogens with one attached hydrogen (secondary N) is 2. The van der Waals surface area contributed by atoms with Crippen molar-refractivity contribution < 1.29 is 23.8 Å². The number of methoxy groups -OCH3 is 1. The Morgan fingerprint density at radius 3 is 2.61 bits per heavy atom. The highest BCUT2D eigenvalue weighted by Crippen LogP contribution is 2.24. The van der Waals surface area contributed by atoms with Crippen LogP contribution in [0, 0.1) is 0 Å². The summed E-state index contributed by atoms with van der Waals surface area (Å²) in [6.07, 6.45) is 3.45. The predicted octanol–water partition coefficient (Wildman–Crippen LogP) is 3.93. The van der Waals surface area contributed by atoms with Crippen molar-refractivity contribution in [3.05, 3.63) is 18.0 Å². The normalized spacial score (nSPS) is 18.5. The lowest BCUT2D eigenvalue weighted by molar-refractivity contribution is -0.0101. The van der Waals surface area contributed by atoms with Crippen LogP contribution >= 0.6 is 0 Å². The first-order valence-corrected chi connectivity index (χ1v) is 17.0. The van der Waals surface area contributed by atoms with Gasteiger partial charge in [0.25, 0.3) is 5.91 Å². The number of nitrogens with zero attached hydrogens (tertiary/aromatic N) is 4. The first-order valence-electron chi connectivity index (χ1n) is 13.3. The van der Waals surface area contributed by atoms with Crippen molar-refractivity contribution in [2.45, 2.75) is 84.3 Å². The molecule has 1 fully saturated rings. The molecular formula is C26H44N6O5Si. The third kappa shape index (κ3) is 8.15. The second-order valence-corrected chi connectivity index (χ2v) is 17.5. The largest absolute Gasteiger partial charge is 0.444 e. The van der Waals surface area contributed by atoms with Crippen molar-refractivity contribution in [1.29, 1.82) is 0 Å². The SMILES string of the molecule is CCNC(=O)c1cn(COCC[Si](C)(C)C)c2ncc(N[C@@H]3CCN(C(=O)OC(C)(C)C)C[C@H]3OC)nc12. The van der Waals surface area contributed by atoms with Gasteiger partial charge in [-0.25, -0.2) is 14.8 Å². The summed E-state index contributed by atoms with van der Waals surface area (Å²) in [6.45, 7) is 16.8. The molecule has 2 aromatic heterocycles. The van der Waals surface area contributed by atoms with E-state index >= 15 is 0 Å². The third-order valence-corrected chi connectivity index (χ3v) is 7.93. The zero-order valence-electron chi connectivity index (χ0n) is 24.1. The van der Waals surface area contributed by atoms with Crippen molar-refractivity contribution in [2.24, 2.45) is 0 Å². The maximum absolute atomic E-state index is 12.8. The molecule has 0 aromatic carbocycles. The highest BCUT2D eigenvalue weighted by molar-refractivity contribution is 6.76. The second-order valence-electron chi connectivity index (χ2n) is 11.9. The number of likely N-dealkylation sites (tertiary alicyclic amines) is 1. The molecular weight excluding hydrogens is 504 g/mol. The molecule has 2 aromatic rings. The maximum Gasteiger partial charge on any atom is 0.410 e. The zero-order valence-corrected chi connectivity index (χ0v) is 25.1. The van der Waals surface area contributed by atoms with Gasteiger partial charge in [0.05, 0.1) is 30.5 Å². The van der Waals surface area contributed by atoms with Crippen LogP contribution in [-0.2, 0) is 20.9 Å². The van der Waals surface area contributed by atoms with E-state index in [0.717, 1.165) is 6.04 Å². The minimum Gasteiger partial charge on any atom is -0.444 e. The molecule has 1 aliphatic rings. The topological polar surface area (TPSA) is 120 Å². The van der Waals surface area contributed by atoms with Gasteiger partial charge in [0.2, 0.25) is 0 Å². The number of piperidine rings is 1. The molecule has 3 rings (SSSR count). The van der Waals surface area contributed by atoms with Crippen LogP contribution in [0.3, 0.4) is 0 Å². The molecule has 11 nitrogen and oxygen atoms in total. The molecule has 0 unspecified atom stereocenters. The fraction of sp³-hybridized carbons (Fsp3) is 0.692. The molecule has 0 radical (unpaired) electrons. The minimum atomic E-state index is -1.21. The standard InChI is InChI=1S/C26H44N6O5Si/c1-9-27-24(33)18-15-32(17-36-12-13-38(6,7)8)23-22(18)30-21(14-28-23)29-19-10-11-31(16-20(19)35-5)25(34)37-26(2,3)4/h14-15,19-20H,9-13,16-17H2,1-8H3,(H,27,33)(H,29,30)/t19-,20-/m1/s1. The van der Waals surface area contributed by atoms with E-state index in [1.54, 1.807) is 24.4 Å². The number of rotatable bonds is 10. The van der Waals surface area contributed by atoms with Crippen LogP contribution in [0.5, 0.6) is 0 Å². The molecule has 38 heavy (non-hydrogen) atoms. The maximum atomic E-state index is 12.8. The summed E-state index contributed by atoms with van der Waals surface area (Å²) in [4.78, 5) is 36.4. The Labute approximate surface area is 226 Å². The lowest BCUT2D eigenvalue weighted by atomic mass is 10.0. The first kappa shape index (κ1) is 29.8. The fourth-order valence-corrected chi connectivity index (χ4v) is 4.94. The van der Waals surface area contributed by atoms with Gasteiger partial charge in [0, 0.05) is 41.1 Å². The van der Waals surface area contributed by atoms with Crippen LogP contribution in [0.2, 0.25) is 25.7 Å². The van der Waals surface area contributed by atoms with Crippen molar-refractivity contribution in [3.63, 3.8) is 0 Å². The number of hydrogen-bond acceptors (Lipinski definition) is 8. The summed E-state index contributed by atoms with van der Waals surface area (Å²) in [5.74, 6) is 0.337. The summed E-state index contributed by atoms with van der Waals surface area (Å²) in [5, 5.41) is 6.27. The monoisotopic (exact) mass is 548 g/mol. The molecule has 2 atom stereocenters. The molecule has 3 heterocycles. The van der Waals surface area contributed by atoms with Gasteiger partial charge in [-0.15, -0.1) is 0 Å². The predicted molar refractivity (Wildman–Crippen MR) is 150 cm³/mol. The van der Waals surface area contributed by atoms with E-state index in [-0.39, 0.29) is 24.1 Å². The molecule has 0 spiro atoms. The number of aromatic nitrogens is 3. The summed E-state index contributed by atoms with van der Waals surface area (Å²) < 4.78 is 19.0. The van der Waals surface area contributed by atoms with Gasteiger partial charge < -0.3 is 34.3 Å². The third-order valence-electron chi connectivity index (χ3n) is 6.22. The van der Waals surface area contributed by atoms with Gasteiger partial charge in [0.15, 0.2) is 5.65 Å². The van der Waals surface area contributed by atoms with Crippen LogP contribution in [0.15, 0.2) is 12.4 Å². The van der Waals surface area contributed by atoms with Crippen LogP contribution < -0.4 is 10.6 Å². The molecule has 1 aliphatic heterocycles. The van der Waals surface area contributed by atoms with Gasteiger partial charge in [-0.05, 0) is 40.2 Å². The number of ether oxygens (including phenoxy) is 3. The number of anilines is 1. The van der Waals surface area contributed by atoms with E-state index in [0.29, 0.717) is 61.9 Å². The molecule has 0 bridgehead atoms. The van der Waals surface area contributed by atoms with Crippen molar-refractivity contribution in [2.75, 3.05) is 38.7 Å². The van der Waals surface area contributed by atoms with Gasteiger partial charge >= 0.3 is 6.09 Å². The van der Waals surface area contributed by atoms with Gasteiger partial charge in [0.1, 0.15) is 23.7 Å². The Balaban J connectivity index is 1.76. The first-order chi connectivity index (χ1) is 17.8. The number of hydrogen-bond donors (Lipinski definition) is 2. The molecule has 0 aliphatic carbocycles. The summed E-state index contributed by atoms with van der Waals surface area (Å²) in [7, 11) is 0.422. The quantitative estimate of drug-likeness (QED) is 0.339. The molecule has 2 N–H and O–H groups in total. The Morgan fingerprint density at radius 1 is 1.24 bits per heavy atom. The van der Waals surface area contributed by atoms with Crippen LogP contribution in [0.25, 0.3) is 11.2 Å². The van der Waals surface area contributed by atoms with Crippen LogP contribution in [-0.4, -0.2) is 90.6 Å². The Morgan fingerprint density at radius 2 is 1.97 bits per heavy atom. The van der Waals surface area contributed by atoms with Crippen molar-refractivity contribution in [1.82, 2.24) is 24.8 Å². The van der Waals surface area contributed by atoms with Crippen molar-refractivity contribution in [3.8, 4) is 0 Å². The lowest BCUT2D eigenvalue weighted by Crippen LogP contribution is -2.53. The minimum absolute atomic E-state index is 0.0923. The van der Waals surface area contributed by atoms with Gasteiger partial charge in [-0.2, -0.15) is 0 Å². The molecule has 2 amide bonds. The number of carbonyl (C=O) groups excluding carboxylic acids is 2. The number of fused-ring (bicyclic) bond motifs is 1. The van der Waals surface area contributed by atoms with Crippen molar-refractivity contribution >= 4 is 37.1 Å². The van der Waals surface area contributed by atoms with Crippen LogP contribution in [0.4, 0.5) is 10.6 Å². The summed E-state index contributed by atoms with van der Waals surface area (Å²) >= 11 is 0. The van der Waals surface area contributed by atoms with E-state index in [4.69, 9.17) is 19.2 Å². The lowest BCUT2D eigenvalue weighted by Gasteiger charge is -2.38. The second kappa shape index (κ2) is 12.4. The summed E-state index contributed by atoms with van der Waals surface area (Å²) in [6, 6.07) is 0.966. The van der Waals surface area contributed by atoms with E-state index in [9.17, 15) is 9.59 Å². The fourth-order valence-electron chi connectivity index (χ4n) is 4.19. The summed E-state index contributed by atoms with van der Waals surface area (Å²) in [5.41, 5.74) is 0.995. The number of amides is 2. The van der Waals surface area contributed by atoms with Crippen LogP contribution in [0.1, 0.15) is 44.5 Å². The Kier molecular flexibility index (Phi) is 9.77. The Hall–Kier alpha value is -2.70. The van der Waals surface area contributed by atoms with E-state index < -0.39 is 13.7 Å². The zero-order chi connectivity index (χ0) is 28.1. The highest BCUT2D eigenvalue weighted by atomic mass is 28.3. The van der Waals surface area contributed by atoms with Gasteiger partial charge in [-0.1, -0.05) is 19.6 Å².